The molecule has 138 valence electrons. The Morgan fingerprint density at radius 3 is 2.65 bits per heavy atom. The first kappa shape index (κ1) is 18.2. The highest BCUT2D eigenvalue weighted by Gasteiger charge is 2.46. The van der Waals surface area contributed by atoms with Crippen molar-refractivity contribution in [1.29, 1.82) is 0 Å². The van der Waals surface area contributed by atoms with E-state index in [-0.39, 0.29) is 18.1 Å². The topological polar surface area (TPSA) is 78.9 Å². The van der Waals surface area contributed by atoms with E-state index in [2.05, 4.69) is 6.58 Å². The molecule has 1 saturated heterocycles. The molecule has 0 aromatic carbocycles. The van der Waals surface area contributed by atoms with Crippen molar-refractivity contribution in [3.63, 3.8) is 0 Å². The van der Waals surface area contributed by atoms with Crippen LogP contribution in [-0.2, 0) is 28.6 Å². The third-order valence-electron chi connectivity index (χ3n) is 4.98. The lowest BCUT2D eigenvalue weighted by molar-refractivity contribution is -0.148. The molecule has 0 amide bonds. The van der Waals surface area contributed by atoms with E-state index >= 15 is 0 Å². The fraction of sp³-hybridized carbons (Fsp3) is 0.450. The van der Waals surface area contributed by atoms with E-state index in [1.54, 1.807) is 26.0 Å². The second-order valence-corrected chi connectivity index (χ2v) is 6.89. The van der Waals surface area contributed by atoms with Crippen molar-refractivity contribution in [2.24, 2.45) is 5.92 Å². The van der Waals surface area contributed by atoms with Crippen LogP contribution in [0, 0.1) is 5.92 Å². The Labute approximate surface area is 152 Å². The van der Waals surface area contributed by atoms with E-state index in [1.165, 1.54) is 0 Å². The van der Waals surface area contributed by atoms with Gasteiger partial charge in [0.25, 0.3) is 0 Å². The summed E-state index contributed by atoms with van der Waals surface area (Å²) in [5, 5.41) is 0. The van der Waals surface area contributed by atoms with Crippen LogP contribution < -0.4 is 0 Å². The van der Waals surface area contributed by atoms with Crippen molar-refractivity contribution >= 4 is 17.9 Å². The number of carbonyl (C=O) groups is 3. The van der Waals surface area contributed by atoms with Gasteiger partial charge in [0.2, 0.25) is 0 Å². The summed E-state index contributed by atoms with van der Waals surface area (Å²) < 4.78 is 16.5. The molecule has 0 radical (unpaired) electrons. The molecule has 26 heavy (non-hydrogen) atoms. The van der Waals surface area contributed by atoms with Crippen LogP contribution >= 0.6 is 0 Å². The lowest BCUT2D eigenvalue weighted by atomic mass is 9.85. The van der Waals surface area contributed by atoms with Gasteiger partial charge in [0.1, 0.15) is 18.3 Å². The van der Waals surface area contributed by atoms with E-state index < -0.39 is 36.0 Å². The van der Waals surface area contributed by atoms with Crippen molar-refractivity contribution in [3.05, 3.63) is 47.1 Å². The maximum atomic E-state index is 12.3. The lowest BCUT2D eigenvalue weighted by Gasteiger charge is -2.26. The van der Waals surface area contributed by atoms with Gasteiger partial charge in [-0.1, -0.05) is 18.2 Å². The summed E-state index contributed by atoms with van der Waals surface area (Å²) in [5.41, 5.74) is 2.07. The summed E-state index contributed by atoms with van der Waals surface area (Å²) in [6.45, 7) is 9.10. The van der Waals surface area contributed by atoms with Gasteiger partial charge in [0.05, 0.1) is 5.92 Å². The van der Waals surface area contributed by atoms with Gasteiger partial charge >= 0.3 is 17.9 Å². The maximum absolute atomic E-state index is 12.3. The first-order valence-corrected chi connectivity index (χ1v) is 8.62. The number of hydrogen-bond donors (Lipinski definition) is 0. The number of carbonyl (C=O) groups excluding carboxylic acids is 3. The number of ether oxygens (including phenoxy) is 3. The van der Waals surface area contributed by atoms with Crippen molar-refractivity contribution in [1.82, 2.24) is 0 Å². The number of fused-ring (bicyclic) bond motifs is 2. The highest BCUT2D eigenvalue weighted by atomic mass is 16.6. The third kappa shape index (κ3) is 3.36. The van der Waals surface area contributed by atoms with E-state index in [0.29, 0.717) is 17.6 Å². The Balaban J connectivity index is 2.00. The molecule has 3 rings (SSSR count). The summed E-state index contributed by atoms with van der Waals surface area (Å²) in [4.78, 5) is 36.6. The van der Waals surface area contributed by atoms with Gasteiger partial charge in [-0.05, 0) is 32.9 Å². The van der Waals surface area contributed by atoms with Crippen LogP contribution in [0.25, 0.3) is 0 Å². The number of allylic oxidation sites excluding steroid dienone is 1. The number of rotatable bonds is 2. The minimum atomic E-state index is -0.749. The smallest absolute Gasteiger partial charge is 0.334 e. The SMILES string of the molecule is C=C1C(=O)O[C@@H]2/C=C(/C)C[C@H]3C=C(C[C@H](OC(=O)/C(C)=C\C)[C@@H]12)C(=O)O3. The molecule has 4 atom stereocenters. The first-order chi connectivity index (χ1) is 12.3. The average molecular weight is 358 g/mol. The van der Waals surface area contributed by atoms with E-state index in [0.717, 1.165) is 5.57 Å². The maximum Gasteiger partial charge on any atom is 0.334 e. The van der Waals surface area contributed by atoms with Gasteiger partial charge in [-0.3, -0.25) is 0 Å². The zero-order valence-corrected chi connectivity index (χ0v) is 15.1. The van der Waals surface area contributed by atoms with E-state index in [9.17, 15) is 14.4 Å². The fourth-order valence-corrected chi connectivity index (χ4v) is 3.44. The number of hydrogen-bond acceptors (Lipinski definition) is 6. The molecule has 1 fully saturated rings. The van der Waals surface area contributed by atoms with Gasteiger partial charge in [-0.25, -0.2) is 14.4 Å². The number of esters is 3. The molecule has 1 aliphatic carbocycles. The molecule has 0 spiro atoms. The van der Waals surface area contributed by atoms with Crippen LogP contribution in [0.1, 0.15) is 33.6 Å². The summed E-state index contributed by atoms with van der Waals surface area (Å²) in [6, 6.07) is 0. The van der Waals surface area contributed by atoms with Gasteiger partial charge in [0, 0.05) is 29.6 Å². The first-order valence-electron chi connectivity index (χ1n) is 8.62. The van der Waals surface area contributed by atoms with Crippen molar-refractivity contribution in [2.45, 2.75) is 51.9 Å². The Morgan fingerprint density at radius 2 is 1.96 bits per heavy atom. The Morgan fingerprint density at radius 1 is 1.23 bits per heavy atom. The Hall–Kier alpha value is -2.63. The van der Waals surface area contributed by atoms with Gasteiger partial charge in [-0.15, -0.1) is 0 Å². The average Bonchev–Trinajstić information content (AvgIpc) is 3.04. The summed E-state index contributed by atoms with van der Waals surface area (Å²) >= 11 is 0. The summed E-state index contributed by atoms with van der Waals surface area (Å²) in [7, 11) is 0. The van der Waals surface area contributed by atoms with Crippen LogP contribution in [0.3, 0.4) is 0 Å². The zero-order chi connectivity index (χ0) is 19.0. The Kier molecular flexibility index (Phi) is 4.85. The molecule has 0 N–H and O–H groups in total. The molecule has 6 nitrogen and oxygen atoms in total. The second kappa shape index (κ2) is 6.94. The van der Waals surface area contributed by atoms with Crippen LogP contribution in [0.2, 0.25) is 0 Å². The standard InChI is InChI=1S/C20H22O6/c1-5-11(3)18(21)25-16-9-13-8-14(24-20(13)23)6-10(2)7-15-17(16)12(4)19(22)26-15/h5,7-8,14-17H,4,6,9H2,1-3H3/b10-7-,11-5-/t14-,15+,16-,17-/m0/s1. The minimum absolute atomic E-state index is 0.155. The van der Waals surface area contributed by atoms with Gasteiger partial charge < -0.3 is 14.2 Å². The highest BCUT2D eigenvalue weighted by Crippen LogP contribution is 2.38. The summed E-state index contributed by atoms with van der Waals surface area (Å²) in [5.74, 6) is -1.96. The zero-order valence-electron chi connectivity index (χ0n) is 15.1. The van der Waals surface area contributed by atoms with Crippen LogP contribution in [0.5, 0.6) is 0 Å². The summed E-state index contributed by atoms with van der Waals surface area (Å²) in [6.07, 6.45) is 4.26. The molecule has 2 heterocycles. The van der Waals surface area contributed by atoms with Crippen LogP contribution in [0.4, 0.5) is 0 Å². The van der Waals surface area contributed by atoms with Crippen molar-refractivity contribution in [3.8, 4) is 0 Å². The van der Waals surface area contributed by atoms with E-state index in [4.69, 9.17) is 14.2 Å². The van der Waals surface area contributed by atoms with Gasteiger partial charge in [-0.2, -0.15) is 0 Å². The van der Waals surface area contributed by atoms with Crippen molar-refractivity contribution in [2.75, 3.05) is 0 Å². The largest absolute Gasteiger partial charge is 0.458 e. The lowest BCUT2D eigenvalue weighted by Crippen LogP contribution is -2.34. The van der Waals surface area contributed by atoms with Gasteiger partial charge in [0.15, 0.2) is 0 Å². The quantitative estimate of drug-likeness (QED) is 0.327. The molecule has 6 heteroatoms. The highest BCUT2D eigenvalue weighted by molar-refractivity contribution is 5.93. The molecule has 2 aliphatic heterocycles. The molecule has 0 aromatic heterocycles. The second-order valence-electron chi connectivity index (χ2n) is 6.89. The molecule has 0 unspecified atom stereocenters. The normalized spacial score (nSPS) is 33.5. The van der Waals surface area contributed by atoms with Crippen LogP contribution in [0.15, 0.2) is 47.1 Å². The fourth-order valence-electron chi connectivity index (χ4n) is 3.44. The van der Waals surface area contributed by atoms with Crippen molar-refractivity contribution < 1.29 is 28.6 Å². The third-order valence-corrected chi connectivity index (χ3v) is 4.98. The molecular weight excluding hydrogens is 336 g/mol. The van der Waals surface area contributed by atoms with Crippen LogP contribution in [-0.4, -0.2) is 36.2 Å². The molecular formula is C20H22O6. The predicted octanol–water partition coefficient (Wildman–Crippen LogP) is 2.55. The molecule has 2 bridgehead atoms. The van der Waals surface area contributed by atoms with E-state index in [1.807, 2.05) is 13.0 Å². The molecule has 0 aromatic rings. The minimum Gasteiger partial charge on any atom is -0.458 e. The monoisotopic (exact) mass is 358 g/mol. The molecule has 0 saturated carbocycles. The predicted molar refractivity (Wildman–Crippen MR) is 92.8 cm³/mol. The molecule has 3 aliphatic rings. The Bertz CT molecular complexity index is 769.